The highest BCUT2D eigenvalue weighted by atomic mass is 16.2. The molecule has 1 aliphatic heterocycles. The first kappa shape index (κ1) is 14.9. The Balaban J connectivity index is 1.52. The number of fused-ring (bicyclic) bond motifs is 1. The molecular formula is C18H21N5O. The average molecular weight is 323 g/mol. The molecule has 124 valence electrons. The van der Waals surface area contributed by atoms with Crippen LogP contribution in [0.2, 0.25) is 0 Å². The van der Waals surface area contributed by atoms with Crippen molar-refractivity contribution in [1.29, 1.82) is 0 Å². The third-order valence-corrected chi connectivity index (χ3v) is 4.68. The molecule has 1 fully saturated rings. The van der Waals surface area contributed by atoms with Crippen LogP contribution >= 0.6 is 0 Å². The van der Waals surface area contributed by atoms with E-state index < -0.39 is 0 Å². The van der Waals surface area contributed by atoms with Crippen molar-refractivity contribution in [3.05, 3.63) is 48.4 Å². The summed E-state index contributed by atoms with van der Waals surface area (Å²) in [5.74, 6) is 0.0564. The molecule has 0 aliphatic carbocycles. The summed E-state index contributed by atoms with van der Waals surface area (Å²) >= 11 is 0. The van der Waals surface area contributed by atoms with Gasteiger partial charge in [-0.3, -0.25) is 14.2 Å². The van der Waals surface area contributed by atoms with E-state index in [2.05, 4.69) is 40.9 Å². The van der Waals surface area contributed by atoms with Crippen LogP contribution in [0.15, 0.2) is 42.9 Å². The van der Waals surface area contributed by atoms with E-state index in [-0.39, 0.29) is 18.0 Å². The largest absolute Gasteiger partial charge is 0.336 e. The molecule has 1 amide bonds. The summed E-state index contributed by atoms with van der Waals surface area (Å²) in [5.41, 5.74) is 1.79. The van der Waals surface area contributed by atoms with E-state index >= 15 is 0 Å². The Bertz CT molecular complexity index is 878. The Morgan fingerprint density at radius 2 is 2.04 bits per heavy atom. The van der Waals surface area contributed by atoms with Gasteiger partial charge >= 0.3 is 0 Å². The number of carbonyl (C=O) groups is 1. The molecule has 0 N–H and O–H groups in total. The Kier molecular flexibility index (Phi) is 3.59. The van der Waals surface area contributed by atoms with Crippen molar-refractivity contribution in [2.75, 3.05) is 13.1 Å². The number of benzene rings is 1. The maximum absolute atomic E-state index is 12.7. The van der Waals surface area contributed by atoms with Crippen molar-refractivity contribution in [3.8, 4) is 0 Å². The minimum atomic E-state index is 0.0564. The van der Waals surface area contributed by atoms with Gasteiger partial charge in [-0.1, -0.05) is 18.2 Å². The van der Waals surface area contributed by atoms with E-state index in [9.17, 15) is 4.79 Å². The molecule has 6 nitrogen and oxygen atoms in total. The van der Waals surface area contributed by atoms with Crippen LogP contribution in [0.25, 0.3) is 10.9 Å². The average Bonchev–Trinajstić information content (AvgIpc) is 3.32. The molecule has 0 spiro atoms. The first-order chi connectivity index (χ1) is 11.6. The summed E-state index contributed by atoms with van der Waals surface area (Å²) < 4.78 is 3.88. The number of amides is 1. The molecule has 1 aromatic carbocycles. The number of nitrogens with zero attached hydrogens (tertiary/aromatic N) is 5. The number of para-hydroxylation sites is 1. The van der Waals surface area contributed by atoms with Gasteiger partial charge in [0.05, 0.1) is 29.5 Å². The van der Waals surface area contributed by atoms with E-state index in [0.717, 1.165) is 23.9 Å². The van der Waals surface area contributed by atoms with Crippen molar-refractivity contribution in [1.82, 2.24) is 24.5 Å². The molecule has 6 heteroatoms. The number of aromatic nitrogens is 4. The molecular weight excluding hydrogens is 302 g/mol. The summed E-state index contributed by atoms with van der Waals surface area (Å²) in [4.78, 5) is 14.6. The van der Waals surface area contributed by atoms with Crippen molar-refractivity contribution in [2.45, 2.75) is 32.4 Å². The Labute approximate surface area is 140 Å². The van der Waals surface area contributed by atoms with Crippen molar-refractivity contribution < 1.29 is 4.79 Å². The molecule has 3 heterocycles. The van der Waals surface area contributed by atoms with Crippen LogP contribution in [0, 0.1) is 0 Å². The van der Waals surface area contributed by atoms with E-state index in [4.69, 9.17) is 0 Å². The van der Waals surface area contributed by atoms with Gasteiger partial charge in [-0.15, -0.1) is 0 Å². The zero-order chi connectivity index (χ0) is 16.7. The fraction of sp³-hybridized carbons (Fsp3) is 0.389. The van der Waals surface area contributed by atoms with Crippen molar-refractivity contribution in [2.24, 2.45) is 0 Å². The van der Waals surface area contributed by atoms with Gasteiger partial charge in [0.2, 0.25) is 0 Å². The maximum atomic E-state index is 12.7. The highest BCUT2D eigenvalue weighted by Crippen LogP contribution is 2.26. The quantitative estimate of drug-likeness (QED) is 0.745. The highest BCUT2D eigenvalue weighted by Gasteiger charge is 2.29. The van der Waals surface area contributed by atoms with Crippen LogP contribution in [0.4, 0.5) is 0 Å². The first-order valence-corrected chi connectivity index (χ1v) is 8.39. The van der Waals surface area contributed by atoms with E-state index in [1.54, 1.807) is 6.20 Å². The van der Waals surface area contributed by atoms with Gasteiger partial charge in [0, 0.05) is 30.7 Å². The number of rotatable bonds is 3. The summed E-state index contributed by atoms with van der Waals surface area (Å²) in [5, 5.41) is 9.94. The second kappa shape index (κ2) is 5.78. The zero-order valence-corrected chi connectivity index (χ0v) is 14.0. The number of carbonyl (C=O) groups excluding carboxylic acids is 1. The molecule has 0 radical (unpaired) electrons. The van der Waals surface area contributed by atoms with E-state index in [1.807, 2.05) is 34.1 Å². The zero-order valence-electron chi connectivity index (χ0n) is 14.0. The molecule has 1 aliphatic rings. The monoisotopic (exact) mass is 323 g/mol. The number of hydrogen-bond donors (Lipinski definition) is 0. The summed E-state index contributed by atoms with van der Waals surface area (Å²) in [6.45, 7) is 5.55. The van der Waals surface area contributed by atoms with Gasteiger partial charge in [-0.25, -0.2) is 0 Å². The standard InChI is InChI=1S/C18H21N5O/c1-13(2)22-11-15(10-19-22)18(24)21-8-7-16(12-21)23-17-6-4-3-5-14(17)9-20-23/h3-6,9-11,13,16H,7-8,12H2,1-2H3. The van der Waals surface area contributed by atoms with Crippen LogP contribution in [0.3, 0.4) is 0 Å². The molecule has 1 atom stereocenters. The number of hydrogen-bond acceptors (Lipinski definition) is 3. The van der Waals surface area contributed by atoms with Gasteiger partial charge in [-0.2, -0.15) is 10.2 Å². The minimum Gasteiger partial charge on any atom is -0.336 e. The van der Waals surface area contributed by atoms with Crippen LogP contribution in [0.5, 0.6) is 0 Å². The Hall–Kier alpha value is -2.63. The molecule has 0 bridgehead atoms. The lowest BCUT2D eigenvalue weighted by Gasteiger charge is -2.16. The molecule has 1 unspecified atom stereocenters. The predicted molar refractivity (Wildman–Crippen MR) is 91.9 cm³/mol. The fourth-order valence-corrected chi connectivity index (χ4v) is 3.32. The van der Waals surface area contributed by atoms with Crippen LogP contribution < -0.4 is 0 Å². The van der Waals surface area contributed by atoms with E-state index in [0.29, 0.717) is 12.1 Å². The molecule has 2 aromatic heterocycles. The molecule has 3 aromatic rings. The van der Waals surface area contributed by atoms with Gasteiger partial charge in [-0.05, 0) is 26.3 Å². The Morgan fingerprint density at radius 1 is 1.21 bits per heavy atom. The van der Waals surface area contributed by atoms with Gasteiger partial charge in [0.15, 0.2) is 0 Å². The molecule has 4 rings (SSSR count). The lowest BCUT2D eigenvalue weighted by Crippen LogP contribution is -2.29. The van der Waals surface area contributed by atoms with Crippen molar-refractivity contribution in [3.63, 3.8) is 0 Å². The maximum Gasteiger partial charge on any atom is 0.257 e. The van der Waals surface area contributed by atoms with Gasteiger partial charge in [0.25, 0.3) is 5.91 Å². The fourth-order valence-electron chi connectivity index (χ4n) is 3.32. The Morgan fingerprint density at radius 3 is 2.83 bits per heavy atom. The normalized spacial score (nSPS) is 18.0. The summed E-state index contributed by atoms with van der Waals surface area (Å²) in [6, 6.07) is 8.68. The van der Waals surface area contributed by atoms with Crippen molar-refractivity contribution >= 4 is 16.8 Å². The number of likely N-dealkylation sites (tertiary alicyclic amines) is 1. The SMILES string of the molecule is CC(C)n1cc(C(=O)N2CCC(n3ncc4ccccc43)C2)cn1. The minimum absolute atomic E-state index is 0.0564. The molecule has 1 saturated heterocycles. The topological polar surface area (TPSA) is 56.0 Å². The summed E-state index contributed by atoms with van der Waals surface area (Å²) in [6.07, 6.45) is 6.32. The lowest BCUT2D eigenvalue weighted by molar-refractivity contribution is 0.0787. The second-order valence-electron chi connectivity index (χ2n) is 6.64. The molecule has 24 heavy (non-hydrogen) atoms. The second-order valence-corrected chi connectivity index (χ2v) is 6.64. The van der Waals surface area contributed by atoms with Crippen LogP contribution in [-0.4, -0.2) is 43.5 Å². The van der Waals surface area contributed by atoms with Crippen LogP contribution in [0.1, 0.15) is 42.7 Å². The van der Waals surface area contributed by atoms with E-state index in [1.165, 1.54) is 0 Å². The smallest absolute Gasteiger partial charge is 0.257 e. The first-order valence-electron chi connectivity index (χ1n) is 8.39. The third-order valence-electron chi connectivity index (χ3n) is 4.68. The van der Waals surface area contributed by atoms with Gasteiger partial charge in [0.1, 0.15) is 0 Å². The highest BCUT2D eigenvalue weighted by molar-refractivity contribution is 5.94. The van der Waals surface area contributed by atoms with Gasteiger partial charge < -0.3 is 4.90 Å². The van der Waals surface area contributed by atoms with Crippen LogP contribution in [-0.2, 0) is 0 Å². The predicted octanol–water partition coefficient (Wildman–Crippen LogP) is 2.90. The lowest BCUT2D eigenvalue weighted by atomic mass is 10.2. The molecule has 0 saturated carbocycles. The third kappa shape index (κ3) is 2.48. The summed E-state index contributed by atoms with van der Waals surface area (Å²) in [7, 11) is 0.